The number of hydrogen-bond acceptors (Lipinski definition) is 4. The molecule has 0 bridgehead atoms. The molecule has 0 fully saturated rings. The van der Waals surface area contributed by atoms with E-state index in [1.54, 1.807) is 0 Å². The molecule has 1 N–H and O–H groups in total. The fraction of sp³-hybridized carbons (Fsp3) is 0.296. The van der Waals surface area contributed by atoms with Crippen molar-refractivity contribution in [1.82, 2.24) is 0 Å². The third-order valence-corrected chi connectivity index (χ3v) is 7.53. The lowest BCUT2D eigenvalue weighted by atomic mass is 9.66. The van der Waals surface area contributed by atoms with Crippen molar-refractivity contribution >= 4 is 43.9 Å². The van der Waals surface area contributed by atoms with Gasteiger partial charge < -0.3 is 5.11 Å². The average Bonchev–Trinajstić information content (AvgIpc) is 2.81. The number of carbonyl (C=O) groups is 1. The smallest absolute Gasteiger partial charge is 0.316 e. The van der Waals surface area contributed by atoms with Gasteiger partial charge in [0.1, 0.15) is 0 Å². The minimum Gasteiger partial charge on any atom is -0.480 e. The number of carboxylic acid groups (broad SMARTS) is 1. The SMILES string of the molecule is O=C(O)C(S)CCCC(S)CC(S)C(c1ccccc1)(c1ccccc1)c1ccccc1. The van der Waals surface area contributed by atoms with E-state index in [0.29, 0.717) is 6.42 Å². The molecule has 3 rings (SSSR count). The quantitative estimate of drug-likeness (QED) is 0.184. The lowest BCUT2D eigenvalue weighted by Crippen LogP contribution is -2.40. The maximum absolute atomic E-state index is 11.0. The summed E-state index contributed by atoms with van der Waals surface area (Å²) in [5.41, 5.74) is 3.14. The molecule has 0 amide bonds. The summed E-state index contributed by atoms with van der Waals surface area (Å²) >= 11 is 14.2. The van der Waals surface area contributed by atoms with Gasteiger partial charge >= 0.3 is 5.97 Å². The maximum atomic E-state index is 11.0. The van der Waals surface area contributed by atoms with E-state index in [1.165, 1.54) is 16.7 Å². The molecular formula is C27H30O2S3. The van der Waals surface area contributed by atoms with E-state index in [9.17, 15) is 4.79 Å². The van der Waals surface area contributed by atoms with E-state index < -0.39 is 16.6 Å². The van der Waals surface area contributed by atoms with Gasteiger partial charge in [0.2, 0.25) is 0 Å². The van der Waals surface area contributed by atoms with E-state index >= 15 is 0 Å². The summed E-state index contributed by atoms with van der Waals surface area (Å²) in [6.07, 6.45) is 2.90. The fourth-order valence-electron chi connectivity index (χ4n) is 4.40. The molecule has 0 radical (unpaired) electrons. The summed E-state index contributed by atoms with van der Waals surface area (Å²) < 4.78 is 0. The first-order valence-corrected chi connectivity index (χ1v) is 12.4. The van der Waals surface area contributed by atoms with Crippen LogP contribution in [0.2, 0.25) is 0 Å². The zero-order valence-electron chi connectivity index (χ0n) is 17.9. The van der Waals surface area contributed by atoms with Crippen LogP contribution < -0.4 is 0 Å². The zero-order valence-corrected chi connectivity index (χ0v) is 20.6. The normalized spacial score (nSPS) is 14.5. The molecule has 32 heavy (non-hydrogen) atoms. The van der Waals surface area contributed by atoms with Gasteiger partial charge in [-0.05, 0) is 36.0 Å². The molecule has 5 heteroatoms. The maximum Gasteiger partial charge on any atom is 0.316 e. The largest absolute Gasteiger partial charge is 0.480 e. The van der Waals surface area contributed by atoms with Crippen molar-refractivity contribution in [3.63, 3.8) is 0 Å². The Bertz CT molecular complexity index is 867. The van der Waals surface area contributed by atoms with Crippen molar-refractivity contribution in [3.8, 4) is 0 Å². The lowest BCUT2D eigenvalue weighted by Gasteiger charge is -2.41. The fourth-order valence-corrected chi connectivity index (χ4v) is 5.85. The Morgan fingerprint density at radius 2 is 1.12 bits per heavy atom. The third-order valence-electron chi connectivity index (χ3n) is 5.98. The van der Waals surface area contributed by atoms with Crippen LogP contribution in [-0.2, 0) is 10.2 Å². The van der Waals surface area contributed by atoms with Gasteiger partial charge in [-0.25, -0.2) is 0 Å². The van der Waals surface area contributed by atoms with Gasteiger partial charge in [-0.15, -0.1) is 0 Å². The number of hydrogen-bond donors (Lipinski definition) is 4. The van der Waals surface area contributed by atoms with Crippen molar-refractivity contribution in [2.24, 2.45) is 0 Å². The van der Waals surface area contributed by atoms with Gasteiger partial charge in [0, 0.05) is 10.5 Å². The molecule has 0 aliphatic carbocycles. The van der Waals surface area contributed by atoms with Gasteiger partial charge in [0.15, 0.2) is 0 Å². The first-order chi connectivity index (χ1) is 15.5. The molecule has 0 aromatic heterocycles. The van der Waals surface area contributed by atoms with Crippen molar-refractivity contribution in [3.05, 3.63) is 108 Å². The second-order valence-electron chi connectivity index (χ2n) is 8.10. The highest BCUT2D eigenvalue weighted by atomic mass is 32.1. The van der Waals surface area contributed by atoms with Gasteiger partial charge in [0.25, 0.3) is 0 Å². The minimum absolute atomic E-state index is 0.0385. The average molecular weight is 483 g/mol. The van der Waals surface area contributed by atoms with Crippen LogP contribution in [0.1, 0.15) is 42.4 Å². The second kappa shape index (κ2) is 11.9. The molecule has 3 unspecified atom stereocenters. The van der Waals surface area contributed by atoms with Crippen LogP contribution in [0.5, 0.6) is 0 Å². The van der Waals surface area contributed by atoms with Crippen LogP contribution in [0.4, 0.5) is 0 Å². The molecule has 3 atom stereocenters. The second-order valence-corrected chi connectivity index (χ2v) is 10.1. The van der Waals surface area contributed by atoms with Crippen LogP contribution in [0.3, 0.4) is 0 Å². The predicted molar refractivity (Wildman–Crippen MR) is 144 cm³/mol. The van der Waals surface area contributed by atoms with Crippen molar-refractivity contribution in [2.75, 3.05) is 0 Å². The Kier molecular flexibility index (Phi) is 9.21. The molecular weight excluding hydrogens is 452 g/mol. The van der Waals surface area contributed by atoms with Crippen LogP contribution in [0.15, 0.2) is 91.0 Å². The number of carboxylic acids is 1. The van der Waals surface area contributed by atoms with Crippen molar-refractivity contribution < 1.29 is 9.90 Å². The Balaban J connectivity index is 1.96. The standard InChI is InChI=1S/C27H30O2S3/c28-26(29)24(31)18-10-17-23(30)19-25(32)27(20-11-4-1-5-12-20,21-13-6-2-7-14-21)22-15-8-3-9-16-22/h1-9,11-16,23-25,30-32H,10,17-19H2,(H,28,29). The number of aliphatic carboxylic acids is 1. The Morgan fingerprint density at radius 3 is 1.50 bits per heavy atom. The van der Waals surface area contributed by atoms with E-state index in [4.69, 9.17) is 30.4 Å². The first kappa shape index (κ1) is 24.8. The van der Waals surface area contributed by atoms with E-state index in [1.807, 2.05) is 18.2 Å². The van der Waals surface area contributed by atoms with Crippen LogP contribution in [0, 0.1) is 0 Å². The monoisotopic (exact) mass is 482 g/mol. The molecule has 0 heterocycles. The van der Waals surface area contributed by atoms with E-state index in [-0.39, 0.29) is 10.5 Å². The summed E-state index contributed by atoms with van der Waals surface area (Å²) in [7, 11) is 0. The van der Waals surface area contributed by atoms with E-state index in [2.05, 4.69) is 85.4 Å². The highest BCUT2D eigenvalue weighted by molar-refractivity contribution is 7.82. The molecule has 0 spiro atoms. The zero-order chi connectivity index (χ0) is 23.0. The topological polar surface area (TPSA) is 37.3 Å². The molecule has 0 saturated carbocycles. The Labute approximate surface area is 207 Å². The highest BCUT2D eigenvalue weighted by Gasteiger charge is 2.42. The van der Waals surface area contributed by atoms with E-state index in [0.717, 1.165) is 19.3 Å². The number of thiol groups is 3. The molecule has 168 valence electrons. The Morgan fingerprint density at radius 1 is 0.719 bits per heavy atom. The summed E-state index contributed by atoms with van der Waals surface area (Å²) in [5, 5.41) is 8.51. The van der Waals surface area contributed by atoms with Gasteiger partial charge in [0.05, 0.1) is 10.7 Å². The molecule has 3 aromatic rings. The molecule has 2 nitrogen and oxygen atoms in total. The summed E-state index contributed by atoms with van der Waals surface area (Å²) in [4.78, 5) is 11.0. The van der Waals surface area contributed by atoms with Crippen LogP contribution in [-0.4, -0.2) is 26.8 Å². The summed E-state index contributed by atoms with van der Waals surface area (Å²) in [6.45, 7) is 0. The van der Waals surface area contributed by atoms with Crippen LogP contribution in [0.25, 0.3) is 0 Å². The minimum atomic E-state index is -0.868. The summed E-state index contributed by atoms with van der Waals surface area (Å²) in [6, 6.07) is 31.6. The van der Waals surface area contributed by atoms with Crippen molar-refractivity contribution in [1.29, 1.82) is 0 Å². The van der Waals surface area contributed by atoms with Gasteiger partial charge in [-0.1, -0.05) is 97.4 Å². The third kappa shape index (κ3) is 5.75. The molecule has 0 saturated heterocycles. The van der Waals surface area contributed by atoms with Crippen molar-refractivity contribution in [2.45, 2.75) is 46.8 Å². The first-order valence-electron chi connectivity index (χ1n) is 10.9. The predicted octanol–water partition coefficient (Wildman–Crippen LogP) is 6.56. The summed E-state index contributed by atoms with van der Waals surface area (Å²) in [5.74, 6) is -0.868. The van der Waals surface area contributed by atoms with Gasteiger partial charge in [-0.2, -0.15) is 37.9 Å². The molecule has 0 aliphatic heterocycles. The Hall–Kier alpha value is -1.82. The lowest BCUT2D eigenvalue weighted by molar-refractivity contribution is -0.136. The number of benzene rings is 3. The molecule has 3 aromatic carbocycles. The number of rotatable bonds is 11. The highest BCUT2D eigenvalue weighted by Crippen LogP contribution is 2.46. The van der Waals surface area contributed by atoms with Crippen LogP contribution >= 0.6 is 37.9 Å². The molecule has 0 aliphatic rings. The van der Waals surface area contributed by atoms with Gasteiger partial charge in [-0.3, -0.25) is 4.79 Å².